The normalized spacial score (nSPS) is 14.9. The molecule has 7 heteroatoms. The standard InChI is InChI=1S/C25H24F2N4O/c1-15-20(25(30-29-15)17-2-4-18(26)5-3-17)13-24(32)31-10-8-16(9-11-31)22-14-28-23-7-6-19(27)12-21(22)23/h2-7,12,14,16,28H,8-11,13H2,1H3,(H,29,30). The molecule has 0 saturated carbocycles. The fourth-order valence-corrected chi connectivity index (χ4v) is 4.67. The predicted octanol–water partition coefficient (Wildman–Crippen LogP) is 5.09. The molecule has 32 heavy (non-hydrogen) atoms. The second kappa shape index (κ2) is 8.22. The number of nitrogens with zero attached hydrogens (tertiary/aromatic N) is 2. The zero-order chi connectivity index (χ0) is 22.2. The van der Waals surface area contributed by atoms with Crippen LogP contribution in [0.5, 0.6) is 0 Å². The van der Waals surface area contributed by atoms with Crippen LogP contribution >= 0.6 is 0 Å². The van der Waals surface area contributed by atoms with Gasteiger partial charge in [-0.05, 0) is 73.7 Å². The molecular formula is C25H24F2N4O. The quantitative estimate of drug-likeness (QED) is 0.470. The highest BCUT2D eigenvalue weighted by Gasteiger charge is 2.27. The Morgan fingerprint density at radius 2 is 1.81 bits per heavy atom. The zero-order valence-electron chi connectivity index (χ0n) is 17.8. The van der Waals surface area contributed by atoms with E-state index in [4.69, 9.17) is 0 Å². The van der Waals surface area contributed by atoms with Gasteiger partial charge in [-0.1, -0.05) is 0 Å². The van der Waals surface area contributed by atoms with E-state index < -0.39 is 0 Å². The molecule has 0 unspecified atom stereocenters. The number of likely N-dealkylation sites (tertiary alicyclic amines) is 1. The molecule has 5 rings (SSSR count). The number of fused-ring (bicyclic) bond motifs is 1. The van der Waals surface area contributed by atoms with E-state index in [1.54, 1.807) is 24.3 Å². The minimum Gasteiger partial charge on any atom is -0.361 e. The monoisotopic (exact) mass is 434 g/mol. The molecule has 1 aliphatic rings. The molecular weight excluding hydrogens is 410 g/mol. The van der Waals surface area contributed by atoms with Gasteiger partial charge in [-0.25, -0.2) is 8.78 Å². The van der Waals surface area contributed by atoms with Gasteiger partial charge in [-0.3, -0.25) is 9.89 Å². The Hall–Kier alpha value is -3.48. The highest BCUT2D eigenvalue weighted by atomic mass is 19.1. The average Bonchev–Trinajstić information content (AvgIpc) is 3.38. The Balaban J connectivity index is 1.28. The molecule has 3 heterocycles. The topological polar surface area (TPSA) is 64.8 Å². The predicted molar refractivity (Wildman–Crippen MR) is 119 cm³/mol. The third-order valence-corrected chi connectivity index (χ3v) is 6.48. The number of hydrogen-bond acceptors (Lipinski definition) is 2. The first-order valence-electron chi connectivity index (χ1n) is 10.8. The maximum atomic E-state index is 13.7. The van der Waals surface area contributed by atoms with Crippen molar-refractivity contribution in [2.45, 2.75) is 32.1 Å². The summed E-state index contributed by atoms with van der Waals surface area (Å²) < 4.78 is 27.0. The van der Waals surface area contributed by atoms with Crippen LogP contribution in [0.1, 0.15) is 35.6 Å². The van der Waals surface area contributed by atoms with Gasteiger partial charge in [0.05, 0.1) is 12.1 Å². The van der Waals surface area contributed by atoms with Gasteiger partial charge in [-0.15, -0.1) is 0 Å². The summed E-state index contributed by atoms with van der Waals surface area (Å²) in [5, 5.41) is 8.22. The number of carbonyl (C=O) groups excluding carboxylic acids is 1. The van der Waals surface area contributed by atoms with Crippen molar-refractivity contribution < 1.29 is 13.6 Å². The number of hydrogen-bond donors (Lipinski definition) is 2. The third kappa shape index (κ3) is 3.79. The Kier molecular flexibility index (Phi) is 5.25. The van der Waals surface area contributed by atoms with Crippen LogP contribution in [0.25, 0.3) is 22.2 Å². The number of benzene rings is 2. The van der Waals surface area contributed by atoms with E-state index in [1.165, 1.54) is 18.2 Å². The van der Waals surface area contributed by atoms with Gasteiger partial charge in [0.1, 0.15) is 11.6 Å². The van der Waals surface area contributed by atoms with Crippen molar-refractivity contribution in [2.24, 2.45) is 0 Å². The van der Waals surface area contributed by atoms with Crippen molar-refractivity contribution in [3.05, 3.63) is 77.1 Å². The van der Waals surface area contributed by atoms with Gasteiger partial charge in [0.15, 0.2) is 0 Å². The Labute approximate surface area is 184 Å². The lowest BCUT2D eigenvalue weighted by molar-refractivity contribution is -0.131. The van der Waals surface area contributed by atoms with Crippen molar-refractivity contribution in [1.82, 2.24) is 20.1 Å². The fraction of sp³-hybridized carbons (Fsp3) is 0.280. The van der Waals surface area contributed by atoms with Gasteiger partial charge in [-0.2, -0.15) is 5.10 Å². The van der Waals surface area contributed by atoms with Gasteiger partial charge in [0.2, 0.25) is 5.91 Å². The number of H-pyrrole nitrogens is 2. The molecule has 2 N–H and O–H groups in total. The Morgan fingerprint density at radius 1 is 1.09 bits per heavy atom. The zero-order valence-corrected chi connectivity index (χ0v) is 17.8. The van der Waals surface area contributed by atoms with Crippen molar-refractivity contribution >= 4 is 16.8 Å². The lowest BCUT2D eigenvalue weighted by Crippen LogP contribution is -2.38. The molecule has 0 radical (unpaired) electrons. The molecule has 164 valence electrons. The summed E-state index contributed by atoms with van der Waals surface area (Å²) in [6.07, 6.45) is 3.89. The number of halogens is 2. The first-order valence-corrected chi connectivity index (χ1v) is 10.8. The van der Waals surface area contributed by atoms with Crippen LogP contribution in [0, 0.1) is 18.6 Å². The Bertz CT molecular complexity index is 1270. The minimum atomic E-state index is -0.306. The number of amides is 1. The molecule has 4 aromatic rings. The molecule has 0 spiro atoms. The fourth-order valence-electron chi connectivity index (χ4n) is 4.67. The summed E-state index contributed by atoms with van der Waals surface area (Å²) in [4.78, 5) is 18.2. The number of aromatic nitrogens is 3. The first kappa shape index (κ1) is 20.4. The molecule has 0 atom stereocenters. The van der Waals surface area contributed by atoms with Crippen LogP contribution in [0.15, 0.2) is 48.7 Å². The summed E-state index contributed by atoms with van der Waals surface area (Å²) >= 11 is 0. The van der Waals surface area contributed by atoms with E-state index in [0.29, 0.717) is 24.7 Å². The summed E-state index contributed by atoms with van der Waals surface area (Å²) in [5.74, 6) is -0.195. The number of rotatable bonds is 4. The van der Waals surface area contributed by atoms with Gasteiger partial charge < -0.3 is 9.88 Å². The second-order valence-electron chi connectivity index (χ2n) is 8.45. The van der Waals surface area contributed by atoms with E-state index in [2.05, 4.69) is 15.2 Å². The van der Waals surface area contributed by atoms with E-state index in [1.807, 2.05) is 18.0 Å². The van der Waals surface area contributed by atoms with Crippen molar-refractivity contribution in [3.63, 3.8) is 0 Å². The van der Waals surface area contributed by atoms with Crippen molar-refractivity contribution in [2.75, 3.05) is 13.1 Å². The van der Waals surface area contributed by atoms with Crippen LogP contribution in [-0.2, 0) is 11.2 Å². The molecule has 0 aliphatic carbocycles. The van der Waals surface area contributed by atoms with Crippen LogP contribution in [-0.4, -0.2) is 39.1 Å². The highest BCUT2D eigenvalue weighted by Crippen LogP contribution is 2.34. The maximum Gasteiger partial charge on any atom is 0.227 e. The summed E-state index contributed by atoms with van der Waals surface area (Å²) in [6, 6.07) is 10.9. The number of aryl methyl sites for hydroxylation is 1. The van der Waals surface area contributed by atoms with Crippen molar-refractivity contribution in [3.8, 4) is 11.3 Å². The Morgan fingerprint density at radius 3 is 2.56 bits per heavy atom. The van der Waals surface area contributed by atoms with Crippen LogP contribution in [0.2, 0.25) is 0 Å². The molecule has 1 amide bonds. The largest absolute Gasteiger partial charge is 0.361 e. The lowest BCUT2D eigenvalue weighted by atomic mass is 9.89. The van der Waals surface area contributed by atoms with E-state index in [0.717, 1.165) is 46.1 Å². The average molecular weight is 434 g/mol. The number of piperidine rings is 1. The summed E-state index contributed by atoms with van der Waals surface area (Å²) in [7, 11) is 0. The molecule has 1 fully saturated rings. The molecule has 1 saturated heterocycles. The van der Waals surface area contributed by atoms with Gasteiger partial charge >= 0.3 is 0 Å². The first-order chi connectivity index (χ1) is 15.5. The minimum absolute atomic E-state index is 0.0567. The van der Waals surface area contributed by atoms with E-state index in [-0.39, 0.29) is 24.0 Å². The maximum absolute atomic E-state index is 13.7. The van der Waals surface area contributed by atoms with Gasteiger partial charge in [0.25, 0.3) is 0 Å². The lowest BCUT2D eigenvalue weighted by Gasteiger charge is -2.32. The third-order valence-electron chi connectivity index (χ3n) is 6.48. The molecule has 1 aliphatic heterocycles. The van der Waals surface area contributed by atoms with Crippen LogP contribution < -0.4 is 0 Å². The molecule has 5 nitrogen and oxygen atoms in total. The number of carbonyl (C=O) groups is 1. The highest BCUT2D eigenvalue weighted by molar-refractivity contribution is 5.84. The second-order valence-corrected chi connectivity index (χ2v) is 8.45. The van der Waals surface area contributed by atoms with Crippen molar-refractivity contribution in [1.29, 1.82) is 0 Å². The van der Waals surface area contributed by atoms with E-state index >= 15 is 0 Å². The SMILES string of the molecule is Cc1[nH]nc(-c2ccc(F)cc2)c1CC(=O)N1CCC(c2c[nH]c3ccc(F)cc23)CC1. The van der Waals surface area contributed by atoms with Crippen LogP contribution in [0.4, 0.5) is 8.78 Å². The summed E-state index contributed by atoms with van der Waals surface area (Å²) in [6.45, 7) is 3.22. The number of aromatic amines is 2. The molecule has 0 bridgehead atoms. The van der Waals surface area contributed by atoms with Crippen LogP contribution in [0.3, 0.4) is 0 Å². The van der Waals surface area contributed by atoms with E-state index in [9.17, 15) is 13.6 Å². The molecule has 2 aromatic heterocycles. The summed E-state index contributed by atoms with van der Waals surface area (Å²) in [5.41, 5.74) is 5.21. The van der Waals surface area contributed by atoms with Gasteiger partial charge in [0, 0.05) is 47.0 Å². The number of nitrogens with one attached hydrogen (secondary N) is 2. The smallest absolute Gasteiger partial charge is 0.227 e. The molecule has 2 aromatic carbocycles.